The van der Waals surface area contributed by atoms with Crippen molar-refractivity contribution in [2.45, 2.75) is 65.3 Å². The molecule has 4 rings (SSSR count). The summed E-state index contributed by atoms with van der Waals surface area (Å²) in [6.45, 7) is 12.3. The summed E-state index contributed by atoms with van der Waals surface area (Å²) in [6.07, 6.45) is 2.18. The molecule has 28 heavy (non-hydrogen) atoms. The van der Waals surface area contributed by atoms with Crippen molar-refractivity contribution >= 4 is 0 Å². The molecule has 7 nitrogen and oxygen atoms in total. The van der Waals surface area contributed by atoms with Crippen LogP contribution in [0.15, 0.2) is 23.0 Å². The maximum absolute atomic E-state index is 12.2. The number of likely N-dealkylation sites (tertiary alicyclic amines) is 1. The van der Waals surface area contributed by atoms with E-state index in [9.17, 15) is 4.79 Å². The van der Waals surface area contributed by atoms with Gasteiger partial charge in [-0.05, 0) is 44.0 Å². The molecule has 0 aromatic carbocycles. The van der Waals surface area contributed by atoms with Crippen LogP contribution in [0.4, 0.5) is 0 Å². The van der Waals surface area contributed by atoms with E-state index in [1.807, 2.05) is 6.07 Å². The van der Waals surface area contributed by atoms with E-state index in [4.69, 9.17) is 9.84 Å². The zero-order valence-corrected chi connectivity index (χ0v) is 17.2. The number of fused-ring (bicyclic) bond motifs is 1. The van der Waals surface area contributed by atoms with Crippen LogP contribution in [0, 0.1) is 5.92 Å². The summed E-state index contributed by atoms with van der Waals surface area (Å²) in [4.78, 5) is 14.7. The lowest BCUT2D eigenvalue weighted by Gasteiger charge is -2.31. The minimum absolute atomic E-state index is 0.00115. The molecule has 0 spiro atoms. The lowest BCUT2D eigenvalue weighted by Crippen LogP contribution is -2.37. The van der Waals surface area contributed by atoms with Gasteiger partial charge in [0.25, 0.3) is 5.56 Å². The molecule has 0 amide bonds. The van der Waals surface area contributed by atoms with Crippen LogP contribution in [0.1, 0.15) is 50.7 Å². The summed E-state index contributed by atoms with van der Waals surface area (Å²) in [6, 6.07) is 5.69. The summed E-state index contributed by atoms with van der Waals surface area (Å²) in [5, 5.41) is 9.34. The number of rotatable bonds is 4. The monoisotopic (exact) mass is 385 g/mol. The smallest absolute Gasteiger partial charge is 0.266 e. The minimum Gasteiger partial charge on any atom is -0.373 e. The first-order valence-electron chi connectivity index (χ1n) is 10.3. The van der Waals surface area contributed by atoms with Crippen molar-refractivity contribution in [1.82, 2.24) is 24.5 Å². The van der Waals surface area contributed by atoms with Crippen molar-refractivity contribution in [1.29, 1.82) is 0 Å². The van der Waals surface area contributed by atoms with Gasteiger partial charge in [-0.15, -0.1) is 0 Å². The second-order valence-electron chi connectivity index (χ2n) is 9.11. The molecule has 0 radical (unpaired) electrons. The number of aromatic nitrogens is 4. The minimum atomic E-state index is -0.0480. The maximum atomic E-state index is 12.2. The lowest BCUT2D eigenvalue weighted by molar-refractivity contribution is 0.0799. The Labute approximate surface area is 166 Å². The van der Waals surface area contributed by atoms with Gasteiger partial charge in [0.05, 0.1) is 36.8 Å². The van der Waals surface area contributed by atoms with Gasteiger partial charge in [0.2, 0.25) is 0 Å². The topological polar surface area (TPSA) is 65.2 Å². The van der Waals surface area contributed by atoms with Gasteiger partial charge in [0, 0.05) is 24.6 Å². The largest absolute Gasteiger partial charge is 0.373 e. The molecule has 0 aliphatic carbocycles. The standard InChI is InChI=1S/C21H31N5O2/c1-21(2,3)19-4-5-20(27)26(23-19)13-16-6-8-24(9-7-16)14-17-12-18-15-28-11-10-25(18)22-17/h4-5,12,16H,6-11,13-15H2,1-3H3. The van der Waals surface area contributed by atoms with E-state index in [1.165, 1.54) is 5.69 Å². The molecule has 2 aromatic rings. The normalized spacial score (nSPS) is 19.0. The Morgan fingerprint density at radius 2 is 1.93 bits per heavy atom. The summed E-state index contributed by atoms with van der Waals surface area (Å²) >= 11 is 0. The average Bonchev–Trinajstić information content (AvgIpc) is 3.06. The van der Waals surface area contributed by atoms with Crippen molar-refractivity contribution in [3.05, 3.63) is 45.6 Å². The van der Waals surface area contributed by atoms with Crippen LogP contribution < -0.4 is 5.56 Å². The Morgan fingerprint density at radius 3 is 2.64 bits per heavy atom. The number of hydrogen-bond acceptors (Lipinski definition) is 5. The molecule has 152 valence electrons. The summed E-state index contributed by atoms with van der Waals surface area (Å²) in [5.74, 6) is 0.500. The first-order valence-corrected chi connectivity index (χ1v) is 10.3. The molecule has 1 fully saturated rings. The Kier molecular flexibility index (Phi) is 5.38. The fourth-order valence-corrected chi connectivity index (χ4v) is 4.01. The number of nitrogens with zero attached hydrogens (tertiary/aromatic N) is 5. The molecule has 7 heteroatoms. The fourth-order valence-electron chi connectivity index (χ4n) is 4.01. The predicted molar refractivity (Wildman–Crippen MR) is 107 cm³/mol. The average molecular weight is 386 g/mol. The molecule has 2 aliphatic rings. The second-order valence-corrected chi connectivity index (χ2v) is 9.11. The summed E-state index contributed by atoms with van der Waals surface area (Å²) in [7, 11) is 0. The Balaban J connectivity index is 1.33. The third kappa shape index (κ3) is 4.36. The zero-order valence-electron chi connectivity index (χ0n) is 17.2. The molecular weight excluding hydrogens is 354 g/mol. The first kappa shape index (κ1) is 19.3. The van der Waals surface area contributed by atoms with Crippen LogP contribution in [0.5, 0.6) is 0 Å². The fraction of sp³-hybridized carbons (Fsp3) is 0.667. The van der Waals surface area contributed by atoms with Crippen molar-refractivity contribution < 1.29 is 4.74 Å². The van der Waals surface area contributed by atoms with Crippen LogP contribution >= 0.6 is 0 Å². The number of ether oxygens (including phenoxy) is 1. The van der Waals surface area contributed by atoms with E-state index >= 15 is 0 Å². The van der Waals surface area contributed by atoms with Gasteiger partial charge in [0.15, 0.2) is 0 Å². The predicted octanol–water partition coefficient (Wildman–Crippen LogP) is 2.18. The SMILES string of the molecule is CC(C)(C)c1ccc(=O)n(CC2CCN(Cc3cc4n(n3)CCOC4)CC2)n1. The molecule has 2 aliphatic heterocycles. The molecule has 0 unspecified atom stereocenters. The van der Waals surface area contributed by atoms with Gasteiger partial charge >= 0.3 is 0 Å². The Bertz CT molecular complexity index is 848. The summed E-state index contributed by atoms with van der Waals surface area (Å²) in [5.41, 5.74) is 3.24. The maximum Gasteiger partial charge on any atom is 0.266 e. The summed E-state index contributed by atoms with van der Waals surface area (Å²) < 4.78 is 9.25. The highest BCUT2D eigenvalue weighted by Gasteiger charge is 2.23. The molecule has 0 saturated carbocycles. The molecular formula is C21H31N5O2. The van der Waals surface area contributed by atoms with E-state index < -0.39 is 0 Å². The van der Waals surface area contributed by atoms with Crippen molar-refractivity contribution in [3.63, 3.8) is 0 Å². The number of piperidine rings is 1. The highest BCUT2D eigenvalue weighted by Crippen LogP contribution is 2.22. The molecule has 0 bridgehead atoms. The first-order chi connectivity index (χ1) is 13.4. The number of hydrogen-bond donors (Lipinski definition) is 0. The van der Waals surface area contributed by atoms with Crippen LogP contribution in [0.25, 0.3) is 0 Å². The Morgan fingerprint density at radius 1 is 1.14 bits per heavy atom. The van der Waals surface area contributed by atoms with Gasteiger partial charge in [-0.2, -0.15) is 10.2 Å². The van der Waals surface area contributed by atoms with E-state index in [2.05, 4.69) is 41.5 Å². The van der Waals surface area contributed by atoms with E-state index in [-0.39, 0.29) is 11.0 Å². The highest BCUT2D eigenvalue weighted by atomic mass is 16.5. The van der Waals surface area contributed by atoms with Gasteiger partial charge in [-0.25, -0.2) is 4.68 Å². The molecule has 2 aromatic heterocycles. The quantitative estimate of drug-likeness (QED) is 0.807. The van der Waals surface area contributed by atoms with Gasteiger partial charge < -0.3 is 4.74 Å². The van der Waals surface area contributed by atoms with Gasteiger partial charge in [0.1, 0.15) is 0 Å². The molecule has 1 saturated heterocycles. The van der Waals surface area contributed by atoms with Crippen LogP contribution in [-0.2, 0) is 36.4 Å². The van der Waals surface area contributed by atoms with Crippen LogP contribution in [-0.4, -0.2) is 44.2 Å². The van der Waals surface area contributed by atoms with E-state index in [0.29, 0.717) is 19.1 Å². The zero-order chi connectivity index (χ0) is 19.7. The molecule has 0 N–H and O–H groups in total. The van der Waals surface area contributed by atoms with Gasteiger partial charge in [-0.1, -0.05) is 20.8 Å². The van der Waals surface area contributed by atoms with Crippen LogP contribution in [0.2, 0.25) is 0 Å². The van der Waals surface area contributed by atoms with E-state index in [1.54, 1.807) is 10.7 Å². The van der Waals surface area contributed by atoms with Crippen molar-refractivity contribution in [3.8, 4) is 0 Å². The van der Waals surface area contributed by atoms with Crippen LogP contribution in [0.3, 0.4) is 0 Å². The lowest BCUT2D eigenvalue weighted by atomic mass is 9.92. The Hall–Kier alpha value is -1.99. The van der Waals surface area contributed by atoms with Gasteiger partial charge in [-0.3, -0.25) is 14.4 Å². The molecule has 4 heterocycles. The highest BCUT2D eigenvalue weighted by molar-refractivity contribution is 5.11. The second kappa shape index (κ2) is 7.79. The van der Waals surface area contributed by atoms with Crippen molar-refractivity contribution in [2.24, 2.45) is 5.92 Å². The third-order valence-electron chi connectivity index (χ3n) is 5.77. The van der Waals surface area contributed by atoms with Crippen molar-refractivity contribution in [2.75, 3.05) is 19.7 Å². The molecule has 0 atom stereocenters. The third-order valence-corrected chi connectivity index (χ3v) is 5.77. The van der Waals surface area contributed by atoms with E-state index in [0.717, 1.165) is 57.0 Å².